The lowest BCUT2D eigenvalue weighted by Crippen LogP contribution is -2.12. The van der Waals surface area contributed by atoms with Gasteiger partial charge in [-0.3, -0.25) is 0 Å². The molecule has 1 fully saturated rings. The van der Waals surface area contributed by atoms with Crippen LogP contribution in [0, 0.1) is 12.8 Å². The Morgan fingerprint density at radius 1 is 0.864 bits per heavy atom. The molecule has 1 aliphatic rings. The Morgan fingerprint density at radius 3 is 1.95 bits per heavy atom. The SMILES string of the molecule is C=CCC1CCC(c2ccc(-c3ccc(C)cc3)cc2)CC1. The number of aryl methyl sites for hydroxylation is 1. The van der Waals surface area contributed by atoms with Crippen LogP contribution in [0.15, 0.2) is 61.2 Å². The summed E-state index contributed by atoms with van der Waals surface area (Å²) < 4.78 is 0. The second kappa shape index (κ2) is 6.96. The third-order valence-electron chi connectivity index (χ3n) is 5.11. The monoisotopic (exact) mass is 290 g/mol. The second-order valence-electron chi connectivity index (χ2n) is 6.73. The van der Waals surface area contributed by atoms with Crippen LogP contribution in [0.2, 0.25) is 0 Å². The normalized spacial score (nSPS) is 21.5. The van der Waals surface area contributed by atoms with Crippen LogP contribution < -0.4 is 0 Å². The standard InChI is InChI=1S/C22H26/c1-3-4-18-7-11-20(12-8-18)22-15-13-21(14-16-22)19-9-5-17(2)6-10-19/h3,5-6,9-10,13-16,18,20H,1,4,7-8,11-12H2,2H3. The van der Waals surface area contributed by atoms with E-state index in [1.54, 1.807) is 0 Å². The first-order chi connectivity index (χ1) is 10.8. The van der Waals surface area contributed by atoms with Crippen molar-refractivity contribution in [1.29, 1.82) is 0 Å². The van der Waals surface area contributed by atoms with Gasteiger partial charge in [-0.05, 0) is 67.6 Å². The molecule has 0 heterocycles. The molecule has 0 aromatic heterocycles. The Hall–Kier alpha value is -1.82. The quantitative estimate of drug-likeness (QED) is 0.563. The number of benzene rings is 2. The minimum Gasteiger partial charge on any atom is -0.103 e. The average molecular weight is 290 g/mol. The molecule has 0 heteroatoms. The van der Waals surface area contributed by atoms with E-state index in [-0.39, 0.29) is 0 Å². The summed E-state index contributed by atoms with van der Waals surface area (Å²) in [5.41, 5.74) is 5.47. The first kappa shape index (κ1) is 15.1. The smallest absolute Gasteiger partial charge is 0.0162 e. The highest BCUT2D eigenvalue weighted by Gasteiger charge is 2.21. The summed E-state index contributed by atoms with van der Waals surface area (Å²) in [6.45, 7) is 6.01. The van der Waals surface area contributed by atoms with Crippen LogP contribution in [0.3, 0.4) is 0 Å². The molecular weight excluding hydrogens is 264 g/mol. The van der Waals surface area contributed by atoms with E-state index in [9.17, 15) is 0 Å². The minimum absolute atomic E-state index is 0.758. The van der Waals surface area contributed by atoms with E-state index in [0.29, 0.717) is 0 Å². The maximum absolute atomic E-state index is 3.88. The van der Waals surface area contributed by atoms with Gasteiger partial charge in [-0.2, -0.15) is 0 Å². The highest BCUT2D eigenvalue weighted by Crippen LogP contribution is 2.37. The number of allylic oxidation sites excluding steroid dienone is 1. The molecule has 0 N–H and O–H groups in total. The first-order valence-corrected chi connectivity index (χ1v) is 8.54. The second-order valence-corrected chi connectivity index (χ2v) is 6.73. The highest BCUT2D eigenvalue weighted by atomic mass is 14.3. The van der Waals surface area contributed by atoms with Gasteiger partial charge in [0.2, 0.25) is 0 Å². The summed E-state index contributed by atoms with van der Waals surface area (Å²) in [5, 5.41) is 0. The van der Waals surface area contributed by atoms with E-state index >= 15 is 0 Å². The van der Waals surface area contributed by atoms with Crippen LogP contribution in [0.1, 0.15) is 49.1 Å². The van der Waals surface area contributed by atoms with Gasteiger partial charge in [0.05, 0.1) is 0 Å². The van der Waals surface area contributed by atoms with E-state index in [1.807, 2.05) is 0 Å². The van der Waals surface area contributed by atoms with Crippen molar-refractivity contribution in [3.63, 3.8) is 0 Å². The van der Waals surface area contributed by atoms with Gasteiger partial charge >= 0.3 is 0 Å². The molecule has 0 spiro atoms. The lowest BCUT2D eigenvalue weighted by atomic mass is 9.77. The van der Waals surface area contributed by atoms with E-state index < -0.39 is 0 Å². The fraction of sp³-hybridized carbons (Fsp3) is 0.364. The lowest BCUT2D eigenvalue weighted by molar-refractivity contribution is 0.328. The van der Waals surface area contributed by atoms with E-state index in [0.717, 1.165) is 11.8 Å². The molecule has 114 valence electrons. The molecule has 0 nitrogen and oxygen atoms in total. The molecule has 2 aromatic rings. The van der Waals surface area contributed by atoms with Crippen LogP contribution in [-0.2, 0) is 0 Å². The van der Waals surface area contributed by atoms with Crippen molar-refractivity contribution in [3.05, 3.63) is 72.3 Å². The van der Waals surface area contributed by atoms with E-state index in [4.69, 9.17) is 0 Å². The van der Waals surface area contributed by atoms with Crippen LogP contribution in [0.4, 0.5) is 0 Å². The minimum atomic E-state index is 0.758. The van der Waals surface area contributed by atoms with Crippen molar-refractivity contribution in [2.45, 2.75) is 44.9 Å². The zero-order valence-corrected chi connectivity index (χ0v) is 13.6. The Morgan fingerprint density at radius 2 is 1.41 bits per heavy atom. The summed E-state index contributed by atoms with van der Waals surface area (Å²) in [6.07, 6.45) is 8.66. The third-order valence-corrected chi connectivity index (χ3v) is 5.11. The molecule has 0 amide bonds. The summed E-state index contributed by atoms with van der Waals surface area (Å²) in [4.78, 5) is 0. The topological polar surface area (TPSA) is 0 Å². The van der Waals surface area contributed by atoms with Crippen LogP contribution in [-0.4, -0.2) is 0 Å². The van der Waals surface area contributed by atoms with Crippen LogP contribution in [0.25, 0.3) is 11.1 Å². The largest absolute Gasteiger partial charge is 0.103 e. The first-order valence-electron chi connectivity index (χ1n) is 8.54. The molecule has 3 rings (SSSR count). The maximum Gasteiger partial charge on any atom is -0.0162 e. The average Bonchev–Trinajstić information content (AvgIpc) is 2.57. The predicted molar refractivity (Wildman–Crippen MR) is 96.1 cm³/mol. The van der Waals surface area contributed by atoms with Crippen molar-refractivity contribution >= 4 is 0 Å². The molecule has 0 aliphatic heterocycles. The summed E-state index contributed by atoms with van der Waals surface area (Å²) in [5.74, 6) is 1.63. The Labute approximate surface area is 134 Å². The summed E-state index contributed by atoms with van der Waals surface area (Å²) in [6, 6.07) is 18.1. The maximum atomic E-state index is 3.88. The van der Waals surface area contributed by atoms with Crippen molar-refractivity contribution in [1.82, 2.24) is 0 Å². The van der Waals surface area contributed by atoms with E-state index in [2.05, 4.69) is 68.1 Å². The van der Waals surface area contributed by atoms with Crippen molar-refractivity contribution < 1.29 is 0 Å². The van der Waals surface area contributed by atoms with Gasteiger partial charge in [-0.1, -0.05) is 60.2 Å². The van der Waals surface area contributed by atoms with Gasteiger partial charge in [0, 0.05) is 0 Å². The number of hydrogen-bond acceptors (Lipinski definition) is 0. The predicted octanol–water partition coefficient (Wildman–Crippen LogP) is 6.51. The van der Waals surface area contributed by atoms with E-state index in [1.165, 1.54) is 54.4 Å². The zero-order chi connectivity index (χ0) is 15.4. The van der Waals surface area contributed by atoms with Gasteiger partial charge < -0.3 is 0 Å². The highest BCUT2D eigenvalue weighted by molar-refractivity contribution is 5.64. The Bertz CT molecular complexity index is 595. The van der Waals surface area contributed by atoms with Crippen molar-refractivity contribution in [2.75, 3.05) is 0 Å². The molecule has 22 heavy (non-hydrogen) atoms. The summed E-state index contributed by atoms with van der Waals surface area (Å²) >= 11 is 0. The third kappa shape index (κ3) is 3.50. The molecule has 1 aliphatic carbocycles. The molecule has 0 radical (unpaired) electrons. The van der Waals surface area contributed by atoms with Crippen molar-refractivity contribution in [2.24, 2.45) is 5.92 Å². The zero-order valence-electron chi connectivity index (χ0n) is 13.6. The van der Waals surface area contributed by atoms with Crippen molar-refractivity contribution in [3.8, 4) is 11.1 Å². The Kier molecular flexibility index (Phi) is 4.77. The lowest BCUT2D eigenvalue weighted by Gasteiger charge is -2.28. The van der Waals surface area contributed by atoms with Gasteiger partial charge in [0.15, 0.2) is 0 Å². The number of rotatable bonds is 4. The molecule has 0 bridgehead atoms. The van der Waals surface area contributed by atoms with Gasteiger partial charge in [0.25, 0.3) is 0 Å². The summed E-state index contributed by atoms with van der Waals surface area (Å²) in [7, 11) is 0. The van der Waals surface area contributed by atoms with Gasteiger partial charge in [0.1, 0.15) is 0 Å². The molecular formula is C22H26. The Balaban J connectivity index is 1.67. The van der Waals surface area contributed by atoms with Crippen LogP contribution in [0.5, 0.6) is 0 Å². The van der Waals surface area contributed by atoms with Gasteiger partial charge in [-0.15, -0.1) is 6.58 Å². The van der Waals surface area contributed by atoms with Gasteiger partial charge in [-0.25, -0.2) is 0 Å². The molecule has 2 aromatic carbocycles. The molecule has 0 saturated heterocycles. The van der Waals surface area contributed by atoms with Crippen LogP contribution >= 0.6 is 0 Å². The number of hydrogen-bond donors (Lipinski definition) is 0. The molecule has 0 atom stereocenters. The fourth-order valence-corrected chi connectivity index (χ4v) is 3.66. The molecule has 1 saturated carbocycles. The molecule has 0 unspecified atom stereocenters. The fourth-order valence-electron chi connectivity index (χ4n) is 3.66.